The van der Waals surface area contributed by atoms with Crippen LogP contribution in [0.5, 0.6) is 0 Å². The van der Waals surface area contributed by atoms with Crippen LogP contribution in [-0.4, -0.2) is 22.3 Å². The second-order valence-electron chi connectivity index (χ2n) is 3.95. The van der Waals surface area contributed by atoms with Crippen molar-refractivity contribution in [1.82, 2.24) is 5.32 Å². The number of carbonyl (C=O) groups is 1. The molecule has 0 atom stereocenters. The molecule has 9 heteroatoms. The van der Waals surface area contributed by atoms with Crippen LogP contribution >= 0.6 is 11.6 Å². The van der Waals surface area contributed by atoms with Crippen LogP contribution in [0.4, 0.5) is 11.4 Å². The van der Waals surface area contributed by atoms with Gasteiger partial charge in [-0.1, -0.05) is 24.9 Å². The van der Waals surface area contributed by atoms with Gasteiger partial charge in [-0.2, -0.15) is 0 Å². The lowest BCUT2D eigenvalue weighted by atomic mass is 10.1. The quantitative estimate of drug-likeness (QED) is 0.492. The zero-order chi connectivity index (χ0) is 15.3. The van der Waals surface area contributed by atoms with Gasteiger partial charge in [0.1, 0.15) is 0 Å². The molecule has 1 rings (SSSR count). The van der Waals surface area contributed by atoms with Crippen molar-refractivity contribution in [3.8, 4) is 0 Å². The number of nitrogens with one attached hydrogen (secondary N) is 1. The first kappa shape index (κ1) is 15.8. The number of hydrogen-bond acceptors (Lipinski definition) is 5. The first-order valence-electron chi connectivity index (χ1n) is 5.79. The van der Waals surface area contributed by atoms with E-state index in [9.17, 15) is 25.0 Å². The van der Waals surface area contributed by atoms with E-state index in [1.807, 2.05) is 6.92 Å². The predicted octanol–water partition coefficient (Wildman–Crippen LogP) is 2.69. The fourth-order valence-electron chi connectivity index (χ4n) is 1.47. The molecule has 1 aromatic rings. The largest absolute Gasteiger partial charge is 0.352 e. The Hall–Kier alpha value is -2.22. The molecule has 0 saturated carbocycles. The average molecular weight is 302 g/mol. The number of nitro groups is 2. The number of nitrogens with zero attached hydrogens (tertiary/aromatic N) is 2. The van der Waals surface area contributed by atoms with E-state index in [4.69, 9.17) is 11.6 Å². The fraction of sp³-hybridized carbons (Fsp3) is 0.364. The topological polar surface area (TPSA) is 115 Å². The van der Waals surface area contributed by atoms with Crippen LogP contribution in [0.2, 0.25) is 5.02 Å². The van der Waals surface area contributed by atoms with E-state index in [1.165, 1.54) is 0 Å². The Balaban J connectivity index is 3.17. The molecule has 0 spiro atoms. The minimum absolute atomic E-state index is 0.163. The van der Waals surface area contributed by atoms with Crippen LogP contribution < -0.4 is 5.32 Å². The van der Waals surface area contributed by atoms with Gasteiger partial charge in [-0.05, 0) is 6.42 Å². The van der Waals surface area contributed by atoms with Crippen LogP contribution in [0.25, 0.3) is 0 Å². The summed E-state index contributed by atoms with van der Waals surface area (Å²) in [6.07, 6.45) is 1.60. The van der Waals surface area contributed by atoms with Crippen LogP contribution in [0.1, 0.15) is 30.1 Å². The van der Waals surface area contributed by atoms with Gasteiger partial charge >= 0.3 is 0 Å². The Morgan fingerprint density at radius 1 is 1.25 bits per heavy atom. The highest BCUT2D eigenvalue weighted by atomic mass is 35.5. The number of halogens is 1. The van der Waals surface area contributed by atoms with Crippen molar-refractivity contribution >= 4 is 28.9 Å². The number of unbranched alkanes of at least 4 members (excludes halogenated alkanes) is 1. The van der Waals surface area contributed by atoms with E-state index >= 15 is 0 Å². The summed E-state index contributed by atoms with van der Waals surface area (Å²) in [6, 6.07) is 1.85. The third kappa shape index (κ3) is 3.64. The normalized spacial score (nSPS) is 10.1. The molecule has 0 aliphatic rings. The maximum atomic E-state index is 11.8. The van der Waals surface area contributed by atoms with Crippen molar-refractivity contribution in [1.29, 1.82) is 0 Å². The van der Waals surface area contributed by atoms with Crippen molar-refractivity contribution in [2.24, 2.45) is 0 Å². The van der Waals surface area contributed by atoms with E-state index in [0.29, 0.717) is 6.54 Å². The summed E-state index contributed by atoms with van der Waals surface area (Å²) in [5.41, 5.74) is -1.49. The van der Waals surface area contributed by atoms with E-state index in [2.05, 4.69) is 5.32 Å². The second kappa shape index (κ2) is 6.80. The molecular formula is C11H12ClN3O5. The van der Waals surface area contributed by atoms with Gasteiger partial charge in [0.15, 0.2) is 5.02 Å². The number of carbonyl (C=O) groups excluding carboxylic acids is 1. The number of rotatable bonds is 6. The lowest BCUT2D eigenvalue weighted by molar-refractivity contribution is -0.393. The molecule has 0 unspecified atom stereocenters. The fourth-order valence-corrected chi connectivity index (χ4v) is 1.72. The Kier molecular flexibility index (Phi) is 5.39. The number of benzene rings is 1. The standard InChI is InChI=1S/C11H12ClN3O5/c1-2-3-4-13-11(16)7-5-8(14(17)18)10(12)9(6-7)15(19)20/h5-6H,2-4H2,1H3,(H,13,16). The molecule has 0 radical (unpaired) electrons. The molecule has 0 aliphatic carbocycles. The molecule has 0 fully saturated rings. The minimum atomic E-state index is -0.863. The average Bonchev–Trinajstić information content (AvgIpc) is 2.38. The SMILES string of the molecule is CCCCNC(=O)c1cc([N+](=O)[O-])c(Cl)c([N+](=O)[O-])c1. The first-order valence-corrected chi connectivity index (χ1v) is 6.16. The first-order chi connectivity index (χ1) is 9.38. The van der Waals surface area contributed by atoms with E-state index in [0.717, 1.165) is 25.0 Å². The molecule has 20 heavy (non-hydrogen) atoms. The zero-order valence-corrected chi connectivity index (χ0v) is 11.3. The summed E-state index contributed by atoms with van der Waals surface area (Å²) in [6.45, 7) is 2.32. The van der Waals surface area contributed by atoms with Crippen molar-refractivity contribution in [2.75, 3.05) is 6.54 Å². The van der Waals surface area contributed by atoms with Gasteiger partial charge in [-0.15, -0.1) is 0 Å². The maximum Gasteiger partial charge on any atom is 0.295 e. The van der Waals surface area contributed by atoms with Gasteiger partial charge in [0.05, 0.1) is 15.4 Å². The van der Waals surface area contributed by atoms with Gasteiger partial charge in [0.2, 0.25) is 0 Å². The summed E-state index contributed by atoms with van der Waals surface area (Å²) in [5, 5.41) is 23.5. The Morgan fingerprint density at radius 2 is 1.75 bits per heavy atom. The number of nitro benzene ring substituents is 2. The Bertz CT molecular complexity index is 526. The molecule has 0 aromatic heterocycles. The highest BCUT2D eigenvalue weighted by Crippen LogP contribution is 2.34. The van der Waals surface area contributed by atoms with Crippen molar-refractivity contribution < 1.29 is 14.6 Å². The van der Waals surface area contributed by atoms with Crippen LogP contribution in [0, 0.1) is 20.2 Å². The number of amides is 1. The maximum absolute atomic E-state index is 11.8. The highest BCUT2D eigenvalue weighted by Gasteiger charge is 2.26. The molecule has 1 N–H and O–H groups in total. The molecule has 1 amide bonds. The number of hydrogen-bond donors (Lipinski definition) is 1. The molecule has 0 heterocycles. The molecule has 0 saturated heterocycles. The van der Waals surface area contributed by atoms with Gasteiger partial charge in [-0.3, -0.25) is 25.0 Å². The van der Waals surface area contributed by atoms with Gasteiger partial charge in [0, 0.05) is 18.7 Å². The summed E-state index contributed by atoms with van der Waals surface area (Å²) >= 11 is 5.59. The highest BCUT2D eigenvalue weighted by molar-refractivity contribution is 6.35. The molecule has 0 bridgehead atoms. The predicted molar refractivity (Wildman–Crippen MR) is 72.0 cm³/mol. The van der Waals surface area contributed by atoms with E-state index < -0.39 is 32.2 Å². The third-order valence-electron chi connectivity index (χ3n) is 2.51. The van der Waals surface area contributed by atoms with Crippen molar-refractivity contribution in [3.05, 3.63) is 42.9 Å². The molecular weight excluding hydrogens is 290 g/mol. The van der Waals surface area contributed by atoms with Crippen molar-refractivity contribution in [3.63, 3.8) is 0 Å². The molecule has 8 nitrogen and oxygen atoms in total. The third-order valence-corrected chi connectivity index (χ3v) is 2.89. The molecule has 108 valence electrons. The molecule has 1 aromatic carbocycles. The summed E-state index contributed by atoms with van der Waals surface area (Å²) in [7, 11) is 0. The summed E-state index contributed by atoms with van der Waals surface area (Å²) in [4.78, 5) is 31.7. The minimum Gasteiger partial charge on any atom is -0.352 e. The van der Waals surface area contributed by atoms with Gasteiger partial charge in [0.25, 0.3) is 17.3 Å². The van der Waals surface area contributed by atoms with Crippen molar-refractivity contribution in [2.45, 2.75) is 19.8 Å². The Labute approximate surface area is 119 Å². The monoisotopic (exact) mass is 301 g/mol. The van der Waals surface area contributed by atoms with E-state index in [-0.39, 0.29) is 5.56 Å². The summed E-state index contributed by atoms with van der Waals surface area (Å²) in [5.74, 6) is -0.610. The van der Waals surface area contributed by atoms with E-state index in [1.54, 1.807) is 0 Å². The van der Waals surface area contributed by atoms with Crippen LogP contribution in [0.15, 0.2) is 12.1 Å². The lowest BCUT2D eigenvalue weighted by Gasteiger charge is -2.05. The van der Waals surface area contributed by atoms with Crippen LogP contribution in [-0.2, 0) is 0 Å². The lowest BCUT2D eigenvalue weighted by Crippen LogP contribution is -2.24. The Morgan fingerprint density at radius 3 is 2.15 bits per heavy atom. The second-order valence-corrected chi connectivity index (χ2v) is 4.33. The van der Waals surface area contributed by atoms with Gasteiger partial charge < -0.3 is 5.32 Å². The van der Waals surface area contributed by atoms with Crippen LogP contribution in [0.3, 0.4) is 0 Å². The summed E-state index contributed by atoms with van der Waals surface area (Å²) < 4.78 is 0. The van der Waals surface area contributed by atoms with Gasteiger partial charge in [-0.25, -0.2) is 0 Å². The smallest absolute Gasteiger partial charge is 0.295 e. The zero-order valence-electron chi connectivity index (χ0n) is 10.6. The molecule has 0 aliphatic heterocycles.